The SMILES string of the molecule is N#Cc1cn(C2CC2)c(=O)n(Cc2ncc(-c3ccccc3)o2)c1=O. The standard InChI is InChI=1S/C18H14N4O3/c19-8-13-10-21(14-6-7-14)18(24)22(17(13)23)11-16-20-9-15(25-16)12-4-2-1-3-5-12/h1-5,9-10,14H,6-7,11H2. The molecule has 3 aromatic rings. The zero-order valence-electron chi connectivity index (χ0n) is 13.3. The van der Waals surface area contributed by atoms with Crippen molar-refractivity contribution < 1.29 is 4.42 Å². The molecule has 0 unspecified atom stereocenters. The molecule has 124 valence electrons. The average molecular weight is 334 g/mol. The first kappa shape index (κ1) is 15.1. The van der Waals surface area contributed by atoms with Gasteiger partial charge >= 0.3 is 5.69 Å². The van der Waals surface area contributed by atoms with E-state index in [2.05, 4.69) is 4.98 Å². The maximum Gasteiger partial charge on any atom is 0.331 e. The van der Waals surface area contributed by atoms with Gasteiger partial charge in [0.15, 0.2) is 5.76 Å². The molecule has 25 heavy (non-hydrogen) atoms. The Kier molecular flexibility index (Phi) is 3.58. The first-order valence-electron chi connectivity index (χ1n) is 7.93. The summed E-state index contributed by atoms with van der Waals surface area (Å²) in [7, 11) is 0. The quantitative estimate of drug-likeness (QED) is 0.726. The lowest BCUT2D eigenvalue weighted by molar-refractivity contribution is 0.468. The fourth-order valence-corrected chi connectivity index (χ4v) is 2.71. The van der Waals surface area contributed by atoms with Gasteiger partial charge in [-0.2, -0.15) is 5.26 Å². The molecular formula is C18H14N4O3. The first-order valence-corrected chi connectivity index (χ1v) is 7.93. The van der Waals surface area contributed by atoms with Gasteiger partial charge in [-0.25, -0.2) is 14.3 Å². The molecule has 1 saturated carbocycles. The van der Waals surface area contributed by atoms with E-state index in [0.717, 1.165) is 23.0 Å². The summed E-state index contributed by atoms with van der Waals surface area (Å²) in [5.41, 5.74) is -0.258. The van der Waals surface area contributed by atoms with Gasteiger partial charge in [-0.1, -0.05) is 30.3 Å². The lowest BCUT2D eigenvalue weighted by Crippen LogP contribution is -2.41. The van der Waals surface area contributed by atoms with E-state index in [1.165, 1.54) is 10.8 Å². The number of hydrogen-bond donors (Lipinski definition) is 0. The third-order valence-corrected chi connectivity index (χ3v) is 4.16. The summed E-state index contributed by atoms with van der Waals surface area (Å²) in [4.78, 5) is 29.1. The van der Waals surface area contributed by atoms with E-state index in [1.54, 1.807) is 6.20 Å². The molecule has 0 radical (unpaired) electrons. The highest BCUT2D eigenvalue weighted by molar-refractivity contribution is 5.55. The second-order valence-electron chi connectivity index (χ2n) is 5.95. The third-order valence-electron chi connectivity index (χ3n) is 4.16. The fourth-order valence-electron chi connectivity index (χ4n) is 2.71. The van der Waals surface area contributed by atoms with Gasteiger partial charge in [0, 0.05) is 17.8 Å². The molecule has 2 heterocycles. The molecule has 0 amide bonds. The highest BCUT2D eigenvalue weighted by Crippen LogP contribution is 2.33. The Morgan fingerprint density at radius 2 is 2.00 bits per heavy atom. The number of aromatic nitrogens is 3. The molecule has 7 heteroatoms. The highest BCUT2D eigenvalue weighted by Gasteiger charge is 2.27. The normalized spacial score (nSPS) is 13.6. The van der Waals surface area contributed by atoms with Gasteiger partial charge < -0.3 is 4.42 Å². The van der Waals surface area contributed by atoms with Crippen LogP contribution < -0.4 is 11.2 Å². The van der Waals surface area contributed by atoms with Crippen molar-refractivity contribution in [3.8, 4) is 17.4 Å². The second-order valence-corrected chi connectivity index (χ2v) is 5.95. The van der Waals surface area contributed by atoms with E-state index in [9.17, 15) is 9.59 Å². The summed E-state index contributed by atoms with van der Waals surface area (Å²) in [5.74, 6) is 0.804. The van der Waals surface area contributed by atoms with Gasteiger partial charge in [0.2, 0.25) is 5.89 Å². The zero-order valence-corrected chi connectivity index (χ0v) is 13.3. The lowest BCUT2D eigenvalue weighted by atomic mass is 10.2. The van der Waals surface area contributed by atoms with Crippen LogP contribution in [0.15, 0.2) is 56.7 Å². The van der Waals surface area contributed by atoms with E-state index in [0.29, 0.717) is 5.76 Å². The number of nitrogens with zero attached hydrogens (tertiary/aromatic N) is 4. The number of hydrogen-bond acceptors (Lipinski definition) is 5. The summed E-state index contributed by atoms with van der Waals surface area (Å²) in [6, 6.07) is 11.3. The van der Waals surface area contributed by atoms with Crippen molar-refractivity contribution in [2.45, 2.75) is 25.4 Å². The Morgan fingerprint density at radius 3 is 2.68 bits per heavy atom. The highest BCUT2D eigenvalue weighted by atomic mass is 16.4. The summed E-state index contributed by atoms with van der Waals surface area (Å²) < 4.78 is 8.14. The molecule has 0 bridgehead atoms. The smallest absolute Gasteiger partial charge is 0.331 e. The maximum absolute atomic E-state index is 12.6. The molecule has 1 aliphatic carbocycles. The maximum atomic E-state index is 12.6. The largest absolute Gasteiger partial charge is 0.439 e. The van der Waals surface area contributed by atoms with Crippen LogP contribution >= 0.6 is 0 Å². The van der Waals surface area contributed by atoms with Crippen LogP contribution in [0.2, 0.25) is 0 Å². The Bertz CT molecular complexity index is 1080. The van der Waals surface area contributed by atoms with Gasteiger partial charge in [-0.15, -0.1) is 0 Å². The van der Waals surface area contributed by atoms with Gasteiger partial charge in [0.05, 0.1) is 6.20 Å². The molecule has 0 aliphatic heterocycles. The van der Waals surface area contributed by atoms with Crippen molar-refractivity contribution in [2.24, 2.45) is 0 Å². The molecule has 4 rings (SSSR count). The van der Waals surface area contributed by atoms with Crippen LogP contribution in [0.4, 0.5) is 0 Å². The zero-order chi connectivity index (χ0) is 17.4. The van der Waals surface area contributed by atoms with Crippen LogP contribution in [0, 0.1) is 11.3 Å². The van der Waals surface area contributed by atoms with Crippen molar-refractivity contribution in [3.63, 3.8) is 0 Å². The number of oxazole rings is 1. The van der Waals surface area contributed by atoms with Crippen LogP contribution in [0.25, 0.3) is 11.3 Å². The number of benzene rings is 1. The first-order chi connectivity index (χ1) is 12.2. The Balaban J connectivity index is 1.73. The van der Waals surface area contributed by atoms with Crippen LogP contribution in [0.1, 0.15) is 30.3 Å². The van der Waals surface area contributed by atoms with Crippen LogP contribution in [-0.2, 0) is 6.54 Å². The van der Waals surface area contributed by atoms with Crippen molar-refractivity contribution in [3.05, 3.63) is 75.0 Å². The molecular weight excluding hydrogens is 320 g/mol. The van der Waals surface area contributed by atoms with Gasteiger partial charge in [-0.05, 0) is 12.8 Å². The molecule has 7 nitrogen and oxygen atoms in total. The lowest BCUT2D eigenvalue weighted by Gasteiger charge is -2.08. The van der Waals surface area contributed by atoms with Gasteiger partial charge in [0.25, 0.3) is 5.56 Å². The minimum Gasteiger partial charge on any atom is -0.439 e. The fraction of sp³-hybridized carbons (Fsp3) is 0.222. The van der Waals surface area contributed by atoms with Crippen molar-refractivity contribution in [1.29, 1.82) is 5.26 Å². The molecule has 0 N–H and O–H groups in total. The van der Waals surface area contributed by atoms with Gasteiger partial charge in [-0.3, -0.25) is 9.36 Å². The molecule has 0 spiro atoms. The summed E-state index contributed by atoms with van der Waals surface area (Å²) in [5, 5.41) is 9.16. The van der Waals surface area contributed by atoms with E-state index in [1.807, 2.05) is 36.4 Å². The molecule has 1 fully saturated rings. The predicted octanol–water partition coefficient (Wildman–Crippen LogP) is 1.92. The van der Waals surface area contributed by atoms with Crippen LogP contribution in [-0.4, -0.2) is 14.1 Å². The summed E-state index contributed by atoms with van der Waals surface area (Å²) >= 11 is 0. The van der Waals surface area contributed by atoms with Crippen molar-refractivity contribution >= 4 is 0 Å². The van der Waals surface area contributed by atoms with E-state index < -0.39 is 11.2 Å². The Morgan fingerprint density at radius 1 is 1.24 bits per heavy atom. The third kappa shape index (κ3) is 2.78. The minimum absolute atomic E-state index is 0.0543. The van der Waals surface area contributed by atoms with Crippen LogP contribution in [0.3, 0.4) is 0 Å². The van der Waals surface area contributed by atoms with E-state index in [4.69, 9.17) is 9.68 Å². The Hall–Kier alpha value is -3.40. The average Bonchev–Trinajstić information content (AvgIpc) is 3.37. The van der Waals surface area contributed by atoms with Gasteiger partial charge in [0.1, 0.15) is 18.2 Å². The van der Waals surface area contributed by atoms with Crippen molar-refractivity contribution in [2.75, 3.05) is 0 Å². The minimum atomic E-state index is -0.621. The summed E-state index contributed by atoms with van der Waals surface area (Å²) in [6.07, 6.45) is 4.66. The Labute approximate surface area is 142 Å². The predicted molar refractivity (Wildman–Crippen MR) is 89.0 cm³/mol. The number of rotatable bonds is 4. The molecule has 1 aliphatic rings. The monoisotopic (exact) mass is 334 g/mol. The van der Waals surface area contributed by atoms with Crippen molar-refractivity contribution in [1.82, 2.24) is 14.1 Å². The molecule has 0 saturated heterocycles. The van der Waals surface area contributed by atoms with E-state index in [-0.39, 0.29) is 24.0 Å². The van der Waals surface area contributed by atoms with Crippen LogP contribution in [0.5, 0.6) is 0 Å². The summed E-state index contributed by atoms with van der Waals surface area (Å²) in [6.45, 7) is -0.104. The number of nitriles is 1. The second kappa shape index (κ2) is 5.91. The molecule has 1 aromatic carbocycles. The molecule has 2 aromatic heterocycles. The van der Waals surface area contributed by atoms with E-state index >= 15 is 0 Å². The topological polar surface area (TPSA) is 93.8 Å². The molecule has 0 atom stereocenters.